The van der Waals surface area contributed by atoms with Gasteiger partial charge in [0.25, 0.3) is 0 Å². The van der Waals surface area contributed by atoms with Crippen molar-refractivity contribution in [2.75, 3.05) is 20.1 Å². The van der Waals surface area contributed by atoms with Gasteiger partial charge in [-0.1, -0.05) is 13.8 Å². The van der Waals surface area contributed by atoms with Crippen molar-refractivity contribution in [2.45, 2.75) is 64.5 Å². The number of hydrogen-bond acceptors (Lipinski definition) is 2. The van der Waals surface area contributed by atoms with E-state index in [2.05, 4.69) is 38.0 Å². The molecule has 1 N–H and O–H groups in total. The lowest BCUT2D eigenvalue weighted by Crippen LogP contribution is -2.52. The van der Waals surface area contributed by atoms with Gasteiger partial charge in [0, 0.05) is 24.7 Å². The number of nitrogens with one attached hydrogen (secondary N) is 1. The van der Waals surface area contributed by atoms with Gasteiger partial charge < -0.3 is 10.2 Å². The number of piperidine rings is 1. The van der Waals surface area contributed by atoms with Gasteiger partial charge >= 0.3 is 0 Å². The molecule has 1 heterocycles. The molecule has 0 amide bonds. The van der Waals surface area contributed by atoms with E-state index in [4.69, 9.17) is 0 Å². The summed E-state index contributed by atoms with van der Waals surface area (Å²) >= 11 is 0. The Labute approximate surface area is 101 Å². The van der Waals surface area contributed by atoms with Gasteiger partial charge in [0.15, 0.2) is 0 Å². The molecule has 16 heavy (non-hydrogen) atoms. The molecule has 2 nitrogen and oxygen atoms in total. The second-order valence-corrected chi connectivity index (χ2v) is 6.91. The predicted molar refractivity (Wildman–Crippen MR) is 69.7 cm³/mol. The Morgan fingerprint density at radius 1 is 1.06 bits per heavy atom. The van der Waals surface area contributed by atoms with Crippen molar-refractivity contribution in [1.29, 1.82) is 0 Å². The van der Waals surface area contributed by atoms with Crippen LogP contribution >= 0.6 is 0 Å². The van der Waals surface area contributed by atoms with Gasteiger partial charge in [0.05, 0.1) is 0 Å². The summed E-state index contributed by atoms with van der Waals surface area (Å²) in [4.78, 5) is 2.74. The lowest BCUT2D eigenvalue weighted by atomic mass is 9.88. The fourth-order valence-electron chi connectivity index (χ4n) is 3.34. The van der Waals surface area contributed by atoms with E-state index in [1.165, 1.54) is 45.2 Å². The highest BCUT2D eigenvalue weighted by atomic mass is 15.2. The van der Waals surface area contributed by atoms with E-state index in [1.54, 1.807) is 0 Å². The van der Waals surface area contributed by atoms with E-state index in [1.807, 2.05) is 0 Å². The molecule has 1 saturated carbocycles. The van der Waals surface area contributed by atoms with Crippen LogP contribution in [-0.4, -0.2) is 36.6 Å². The van der Waals surface area contributed by atoms with Crippen molar-refractivity contribution < 1.29 is 0 Å². The Morgan fingerprint density at radius 3 is 2.12 bits per heavy atom. The molecule has 0 bridgehead atoms. The highest BCUT2D eigenvalue weighted by Gasteiger charge is 2.37. The lowest BCUT2D eigenvalue weighted by molar-refractivity contribution is 0.107. The minimum atomic E-state index is 0.393. The zero-order valence-electron chi connectivity index (χ0n) is 11.5. The molecule has 0 radical (unpaired) electrons. The molecule has 0 aromatic rings. The second-order valence-electron chi connectivity index (χ2n) is 6.91. The van der Waals surface area contributed by atoms with Crippen LogP contribution in [0.25, 0.3) is 0 Å². The summed E-state index contributed by atoms with van der Waals surface area (Å²) in [7, 11) is 2.11. The fraction of sp³-hybridized carbons (Fsp3) is 1.00. The predicted octanol–water partition coefficient (Wildman–Crippen LogP) is 2.64. The maximum atomic E-state index is 3.48. The van der Waals surface area contributed by atoms with Crippen LogP contribution in [0.1, 0.15) is 52.9 Å². The van der Waals surface area contributed by atoms with Gasteiger partial charge in [-0.05, 0) is 51.5 Å². The van der Waals surface area contributed by atoms with Crippen molar-refractivity contribution in [3.05, 3.63) is 0 Å². The van der Waals surface area contributed by atoms with E-state index in [9.17, 15) is 0 Å². The minimum Gasteiger partial charge on any atom is -0.314 e. The molecule has 1 unspecified atom stereocenters. The maximum absolute atomic E-state index is 3.48. The van der Waals surface area contributed by atoms with E-state index >= 15 is 0 Å². The zero-order chi connectivity index (χ0) is 11.8. The summed E-state index contributed by atoms with van der Waals surface area (Å²) in [5.41, 5.74) is 0.985. The van der Waals surface area contributed by atoms with Gasteiger partial charge in [0.1, 0.15) is 0 Å². The third kappa shape index (κ3) is 2.60. The largest absolute Gasteiger partial charge is 0.314 e. The van der Waals surface area contributed by atoms with Crippen molar-refractivity contribution in [3.8, 4) is 0 Å². The molecule has 2 aliphatic rings. The summed E-state index contributed by atoms with van der Waals surface area (Å²) in [6.07, 6.45) is 6.85. The van der Waals surface area contributed by atoms with Crippen LogP contribution in [0, 0.1) is 5.41 Å². The number of nitrogens with zero attached hydrogens (tertiary/aromatic N) is 1. The highest BCUT2D eigenvalue weighted by Crippen LogP contribution is 2.40. The number of hydrogen-bond donors (Lipinski definition) is 1. The molecule has 2 heteroatoms. The first-order valence-corrected chi connectivity index (χ1v) is 6.87. The molecule has 2 rings (SSSR count). The topological polar surface area (TPSA) is 15.3 Å². The Hall–Kier alpha value is -0.0800. The van der Waals surface area contributed by atoms with Crippen molar-refractivity contribution in [3.63, 3.8) is 0 Å². The maximum Gasteiger partial charge on any atom is 0.0174 e. The van der Waals surface area contributed by atoms with Gasteiger partial charge in [-0.3, -0.25) is 0 Å². The molecule has 1 aliphatic carbocycles. The van der Waals surface area contributed by atoms with E-state index in [0.717, 1.165) is 6.04 Å². The normalized spacial score (nSPS) is 34.1. The molecular weight excluding hydrogens is 196 g/mol. The van der Waals surface area contributed by atoms with Gasteiger partial charge in [-0.15, -0.1) is 0 Å². The quantitative estimate of drug-likeness (QED) is 0.776. The average Bonchev–Trinajstić information content (AvgIpc) is 2.60. The average molecular weight is 224 g/mol. The van der Waals surface area contributed by atoms with Gasteiger partial charge in [0.2, 0.25) is 0 Å². The number of likely N-dealkylation sites (tertiary alicyclic amines) is 1. The molecule has 0 aromatic heterocycles. The van der Waals surface area contributed by atoms with Crippen LogP contribution < -0.4 is 5.32 Å². The molecule has 2 fully saturated rings. The summed E-state index contributed by atoms with van der Waals surface area (Å²) < 4.78 is 0. The summed E-state index contributed by atoms with van der Waals surface area (Å²) in [6.45, 7) is 9.79. The molecule has 1 saturated heterocycles. The minimum absolute atomic E-state index is 0.393. The van der Waals surface area contributed by atoms with Crippen molar-refractivity contribution in [2.24, 2.45) is 5.41 Å². The van der Waals surface area contributed by atoms with Crippen LogP contribution in [0.5, 0.6) is 0 Å². The van der Waals surface area contributed by atoms with Crippen LogP contribution in [0.4, 0.5) is 0 Å². The first kappa shape index (κ1) is 12.4. The lowest BCUT2D eigenvalue weighted by Gasteiger charge is -2.42. The van der Waals surface area contributed by atoms with E-state index in [-0.39, 0.29) is 0 Å². The first-order valence-electron chi connectivity index (χ1n) is 6.87. The van der Waals surface area contributed by atoms with Crippen LogP contribution in [0.15, 0.2) is 0 Å². The van der Waals surface area contributed by atoms with Crippen LogP contribution in [0.2, 0.25) is 0 Å². The van der Waals surface area contributed by atoms with Crippen LogP contribution in [0.3, 0.4) is 0 Å². The summed E-state index contributed by atoms with van der Waals surface area (Å²) in [6, 6.07) is 0.872. The molecule has 1 aliphatic heterocycles. The Kier molecular flexibility index (Phi) is 3.33. The van der Waals surface area contributed by atoms with E-state index in [0.29, 0.717) is 11.0 Å². The zero-order valence-corrected chi connectivity index (χ0v) is 11.5. The first-order chi connectivity index (χ1) is 7.44. The monoisotopic (exact) mass is 224 g/mol. The summed E-state index contributed by atoms with van der Waals surface area (Å²) in [5, 5.41) is 3.48. The Bertz CT molecular complexity index is 239. The smallest absolute Gasteiger partial charge is 0.0174 e. The van der Waals surface area contributed by atoms with Crippen LogP contribution in [-0.2, 0) is 0 Å². The molecule has 94 valence electrons. The summed E-state index contributed by atoms with van der Waals surface area (Å²) in [5.74, 6) is 0. The Balaban J connectivity index is 1.86. The number of rotatable bonds is 2. The van der Waals surface area contributed by atoms with E-state index < -0.39 is 0 Å². The molecule has 0 aromatic carbocycles. The van der Waals surface area contributed by atoms with Gasteiger partial charge in [-0.25, -0.2) is 0 Å². The molecule has 0 spiro atoms. The Morgan fingerprint density at radius 2 is 1.69 bits per heavy atom. The second kappa shape index (κ2) is 4.30. The third-order valence-electron chi connectivity index (χ3n) is 4.96. The van der Waals surface area contributed by atoms with Crippen molar-refractivity contribution in [1.82, 2.24) is 10.2 Å². The highest BCUT2D eigenvalue weighted by molar-refractivity contribution is 4.94. The SMILES string of the molecule is CNC1(C)CCN(C2CCC(C)(C)C2)CC1. The molecule has 1 atom stereocenters. The van der Waals surface area contributed by atoms with Gasteiger partial charge in [-0.2, -0.15) is 0 Å². The standard InChI is InChI=1S/C14H28N2/c1-13(2)6-5-12(11-13)16-9-7-14(3,15-4)8-10-16/h12,15H,5-11H2,1-4H3. The molecular formula is C14H28N2. The third-order valence-corrected chi connectivity index (χ3v) is 4.96. The van der Waals surface area contributed by atoms with Crippen molar-refractivity contribution >= 4 is 0 Å². The fourth-order valence-corrected chi connectivity index (χ4v) is 3.34.